The summed E-state index contributed by atoms with van der Waals surface area (Å²) in [7, 11) is -1.57. The van der Waals surface area contributed by atoms with E-state index < -0.39 is 9.84 Å². The average Bonchev–Trinajstić information content (AvgIpc) is 2.71. The number of para-hydroxylation sites is 1. The van der Waals surface area contributed by atoms with Gasteiger partial charge in [0.25, 0.3) is 0 Å². The summed E-state index contributed by atoms with van der Waals surface area (Å²) in [5.74, 6) is 0.839. The Labute approximate surface area is 161 Å². The van der Waals surface area contributed by atoms with E-state index in [9.17, 15) is 8.42 Å². The van der Waals surface area contributed by atoms with E-state index in [2.05, 4.69) is 6.58 Å². The number of fused-ring (bicyclic) bond motifs is 2. The van der Waals surface area contributed by atoms with Crippen LogP contribution in [0.3, 0.4) is 0 Å². The molecule has 0 N–H and O–H groups in total. The second kappa shape index (κ2) is 7.13. The molecule has 2 heterocycles. The number of anilines is 2. The van der Waals surface area contributed by atoms with Crippen molar-refractivity contribution in [3.05, 3.63) is 60.7 Å². The van der Waals surface area contributed by atoms with Gasteiger partial charge in [0.15, 0.2) is 0 Å². The summed E-state index contributed by atoms with van der Waals surface area (Å²) in [4.78, 5) is 2.72. The fourth-order valence-corrected chi connectivity index (χ4v) is 5.87. The smallest absolute Gasteiger partial charge is 0.210 e. The first-order valence-corrected chi connectivity index (χ1v) is 10.9. The van der Waals surface area contributed by atoms with Crippen LogP contribution < -0.4 is 4.90 Å². The molecular formula is C22H25NO3S. The molecule has 0 spiro atoms. The molecule has 0 aromatic heterocycles. The zero-order valence-electron chi connectivity index (χ0n) is 15.6. The van der Waals surface area contributed by atoms with Gasteiger partial charge in [-0.2, -0.15) is 0 Å². The fourth-order valence-electron chi connectivity index (χ4n) is 4.17. The molecule has 27 heavy (non-hydrogen) atoms. The van der Waals surface area contributed by atoms with Gasteiger partial charge >= 0.3 is 0 Å². The highest BCUT2D eigenvalue weighted by Crippen LogP contribution is 2.44. The number of ether oxygens (including phenoxy) is 1. The van der Waals surface area contributed by atoms with Crippen LogP contribution in [-0.2, 0) is 14.6 Å². The van der Waals surface area contributed by atoms with Gasteiger partial charge < -0.3 is 9.64 Å². The Morgan fingerprint density at radius 2 is 1.85 bits per heavy atom. The zero-order chi connectivity index (χ0) is 19.0. The molecule has 1 fully saturated rings. The van der Waals surface area contributed by atoms with E-state index in [0.29, 0.717) is 15.7 Å². The zero-order valence-corrected chi connectivity index (χ0v) is 16.4. The van der Waals surface area contributed by atoms with E-state index in [-0.39, 0.29) is 5.92 Å². The van der Waals surface area contributed by atoms with Crippen molar-refractivity contribution < 1.29 is 13.2 Å². The lowest BCUT2D eigenvalue weighted by molar-refractivity contribution is 0.0629. The van der Waals surface area contributed by atoms with Gasteiger partial charge in [-0.05, 0) is 55.0 Å². The van der Waals surface area contributed by atoms with Crippen LogP contribution in [0.1, 0.15) is 30.7 Å². The molecule has 4 rings (SSSR count). The SMILES string of the molecule is C=CC(CC1CCOCC1)c1ccc2c(c1)N(C)c1ccccc1S2(=O)=O. The quantitative estimate of drug-likeness (QED) is 0.719. The van der Waals surface area contributed by atoms with Crippen LogP contribution in [0.4, 0.5) is 11.4 Å². The van der Waals surface area contributed by atoms with Gasteiger partial charge in [-0.25, -0.2) is 8.42 Å². The molecule has 1 atom stereocenters. The van der Waals surface area contributed by atoms with Crippen molar-refractivity contribution in [3.8, 4) is 0 Å². The van der Waals surface area contributed by atoms with E-state index in [0.717, 1.165) is 49.4 Å². The van der Waals surface area contributed by atoms with Gasteiger partial charge in [0.05, 0.1) is 21.2 Å². The van der Waals surface area contributed by atoms with Gasteiger partial charge in [-0.15, -0.1) is 6.58 Å². The van der Waals surface area contributed by atoms with Gasteiger partial charge in [-0.1, -0.05) is 24.3 Å². The molecular weight excluding hydrogens is 358 g/mol. The first kappa shape index (κ1) is 18.3. The molecule has 4 nitrogen and oxygen atoms in total. The lowest BCUT2D eigenvalue weighted by atomic mass is 9.85. The van der Waals surface area contributed by atoms with Gasteiger partial charge in [0.2, 0.25) is 9.84 Å². The minimum absolute atomic E-state index is 0.215. The Bertz CT molecular complexity index is 961. The lowest BCUT2D eigenvalue weighted by Gasteiger charge is -2.31. The Morgan fingerprint density at radius 1 is 1.15 bits per heavy atom. The highest BCUT2D eigenvalue weighted by atomic mass is 32.2. The summed E-state index contributed by atoms with van der Waals surface area (Å²) in [6, 6.07) is 12.9. The number of allylic oxidation sites excluding steroid dienone is 1. The third-order valence-electron chi connectivity index (χ3n) is 5.79. The molecule has 1 unspecified atom stereocenters. The monoisotopic (exact) mass is 383 g/mol. The minimum atomic E-state index is -3.49. The highest BCUT2D eigenvalue weighted by molar-refractivity contribution is 7.92. The first-order valence-electron chi connectivity index (χ1n) is 9.44. The number of sulfone groups is 1. The number of nitrogens with zero attached hydrogens (tertiary/aromatic N) is 1. The summed E-state index contributed by atoms with van der Waals surface area (Å²) in [6.07, 6.45) is 5.18. The van der Waals surface area contributed by atoms with Crippen LogP contribution in [0.5, 0.6) is 0 Å². The second-order valence-electron chi connectivity index (χ2n) is 7.39. The number of rotatable bonds is 4. The van der Waals surface area contributed by atoms with Crippen LogP contribution in [0.25, 0.3) is 0 Å². The standard InChI is InChI=1S/C22H25NO3S/c1-3-17(14-16-10-12-26-13-11-16)18-8-9-22-20(15-18)23(2)19-6-4-5-7-21(19)27(22,24)25/h3-9,15-17H,1,10-14H2,2H3. The van der Waals surface area contributed by atoms with Crippen LogP contribution in [0.2, 0.25) is 0 Å². The Kier molecular flexibility index (Phi) is 4.82. The van der Waals surface area contributed by atoms with Crippen LogP contribution >= 0.6 is 0 Å². The van der Waals surface area contributed by atoms with Crippen molar-refractivity contribution in [1.82, 2.24) is 0 Å². The molecule has 2 aromatic rings. The molecule has 0 radical (unpaired) electrons. The van der Waals surface area contributed by atoms with E-state index >= 15 is 0 Å². The molecule has 142 valence electrons. The summed E-state index contributed by atoms with van der Waals surface area (Å²) >= 11 is 0. The number of hydrogen-bond donors (Lipinski definition) is 0. The van der Waals surface area contributed by atoms with E-state index in [1.807, 2.05) is 42.3 Å². The Hall–Kier alpha value is -2.11. The normalized spacial score (nSPS) is 19.8. The third kappa shape index (κ3) is 3.19. The number of benzene rings is 2. The molecule has 2 aliphatic rings. The molecule has 1 saturated heterocycles. The van der Waals surface area contributed by atoms with Crippen molar-refractivity contribution in [3.63, 3.8) is 0 Å². The predicted octanol–water partition coefficient (Wildman–Crippen LogP) is 4.69. The summed E-state index contributed by atoms with van der Waals surface area (Å²) < 4.78 is 31.6. The van der Waals surface area contributed by atoms with Gasteiger partial charge in [0, 0.05) is 26.2 Å². The molecule has 0 saturated carbocycles. The first-order chi connectivity index (χ1) is 13.0. The average molecular weight is 384 g/mol. The van der Waals surface area contributed by atoms with Gasteiger partial charge in [0.1, 0.15) is 0 Å². The van der Waals surface area contributed by atoms with Crippen molar-refractivity contribution in [2.75, 3.05) is 25.2 Å². The Morgan fingerprint density at radius 3 is 2.59 bits per heavy atom. The van der Waals surface area contributed by atoms with Crippen molar-refractivity contribution in [2.24, 2.45) is 5.92 Å². The summed E-state index contributed by atoms with van der Waals surface area (Å²) in [6.45, 7) is 5.70. The molecule has 5 heteroatoms. The Balaban J connectivity index is 1.71. The summed E-state index contributed by atoms with van der Waals surface area (Å²) in [5, 5.41) is 0. The molecule has 2 aromatic carbocycles. The second-order valence-corrected chi connectivity index (χ2v) is 9.28. The maximum atomic E-state index is 13.0. The predicted molar refractivity (Wildman–Crippen MR) is 107 cm³/mol. The molecule has 0 amide bonds. The third-order valence-corrected chi connectivity index (χ3v) is 7.64. The molecule has 0 aliphatic carbocycles. The minimum Gasteiger partial charge on any atom is -0.381 e. The largest absolute Gasteiger partial charge is 0.381 e. The number of hydrogen-bond acceptors (Lipinski definition) is 4. The van der Waals surface area contributed by atoms with Crippen molar-refractivity contribution in [2.45, 2.75) is 35.0 Å². The van der Waals surface area contributed by atoms with E-state index in [4.69, 9.17) is 4.74 Å². The van der Waals surface area contributed by atoms with Crippen molar-refractivity contribution in [1.29, 1.82) is 0 Å². The highest BCUT2D eigenvalue weighted by Gasteiger charge is 2.33. The molecule has 2 aliphatic heterocycles. The maximum Gasteiger partial charge on any atom is 0.210 e. The van der Waals surface area contributed by atoms with Gasteiger partial charge in [-0.3, -0.25) is 0 Å². The van der Waals surface area contributed by atoms with Crippen LogP contribution in [0, 0.1) is 5.92 Å². The lowest BCUT2D eigenvalue weighted by Crippen LogP contribution is -2.22. The topological polar surface area (TPSA) is 46.6 Å². The molecule has 0 bridgehead atoms. The van der Waals surface area contributed by atoms with E-state index in [1.54, 1.807) is 18.2 Å². The van der Waals surface area contributed by atoms with E-state index in [1.165, 1.54) is 0 Å². The van der Waals surface area contributed by atoms with Crippen LogP contribution in [0.15, 0.2) is 64.9 Å². The fraction of sp³-hybridized carbons (Fsp3) is 0.364. The van der Waals surface area contributed by atoms with Crippen LogP contribution in [-0.4, -0.2) is 28.7 Å². The van der Waals surface area contributed by atoms with Crippen molar-refractivity contribution >= 4 is 21.2 Å². The maximum absolute atomic E-state index is 13.0. The summed E-state index contributed by atoms with van der Waals surface area (Å²) in [5.41, 5.74) is 2.59.